The molecule has 0 fully saturated rings. The summed E-state index contributed by atoms with van der Waals surface area (Å²) < 4.78 is 52.5. The zero-order valence-electron chi connectivity index (χ0n) is 22.4. The third-order valence-electron chi connectivity index (χ3n) is 6.75. The van der Waals surface area contributed by atoms with Gasteiger partial charge in [-0.2, -0.15) is 17.9 Å². The maximum absolute atomic E-state index is 14.3. The van der Waals surface area contributed by atoms with Gasteiger partial charge in [-0.25, -0.2) is 19.4 Å². The number of halogens is 5. The Balaban J connectivity index is 1.76. The molecule has 0 aliphatic carbocycles. The van der Waals surface area contributed by atoms with Gasteiger partial charge in [-0.1, -0.05) is 38.4 Å². The van der Waals surface area contributed by atoms with E-state index < -0.39 is 37.9 Å². The summed E-state index contributed by atoms with van der Waals surface area (Å²) >= 11 is 9.36. The fourth-order valence-corrected chi connectivity index (χ4v) is 5.45. The molecule has 15 heteroatoms. The lowest BCUT2D eigenvalue weighted by atomic mass is 10.2. The zero-order chi connectivity index (χ0) is 29.5. The molecule has 40 heavy (non-hydrogen) atoms. The molecule has 0 bridgehead atoms. The minimum atomic E-state index is -4.72. The lowest BCUT2D eigenvalue weighted by molar-refractivity contribution is -0.202. The van der Waals surface area contributed by atoms with Crippen LogP contribution in [0.25, 0.3) is 17.2 Å². The average molecular weight is 659 g/mol. The molecular formula is C25H28BrClF3N7O2Si. The molecule has 1 unspecified atom stereocenters. The highest BCUT2D eigenvalue weighted by Gasteiger charge is 2.48. The topological polar surface area (TPSA) is 92.7 Å². The van der Waals surface area contributed by atoms with E-state index in [4.69, 9.17) is 16.0 Å². The first-order valence-electron chi connectivity index (χ1n) is 12.3. The van der Waals surface area contributed by atoms with Crippen molar-refractivity contribution in [3.63, 3.8) is 0 Å². The van der Waals surface area contributed by atoms with Crippen molar-refractivity contribution in [2.45, 2.75) is 64.3 Å². The molecule has 0 spiro atoms. The molecular weight excluding hydrogens is 631 g/mol. The molecule has 4 aromatic rings. The highest BCUT2D eigenvalue weighted by Crippen LogP contribution is 2.40. The Labute approximate surface area is 243 Å². The van der Waals surface area contributed by atoms with Gasteiger partial charge in [0.05, 0.1) is 6.54 Å². The Morgan fingerprint density at radius 3 is 2.33 bits per heavy atom. The van der Waals surface area contributed by atoms with E-state index >= 15 is 0 Å². The summed E-state index contributed by atoms with van der Waals surface area (Å²) in [7, 11) is -2.86. The predicted molar refractivity (Wildman–Crippen MR) is 151 cm³/mol. The first-order valence-corrected chi connectivity index (χ1v) is 16.4. The van der Waals surface area contributed by atoms with E-state index in [9.17, 15) is 18.0 Å². The van der Waals surface area contributed by atoms with Gasteiger partial charge < -0.3 is 4.43 Å². The number of benzene rings is 1. The minimum absolute atomic E-state index is 0.0398. The van der Waals surface area contributed by atoms with E-state index in [0.717, 1.165) is 9.25 Å². The summed E-state index contributed by atoms with van der Waals surface area (Å²) in [5, 5.41) is 8.73. The minimum Gasteiger partial charge on any atom is -0.404 e. The molecule has 0 N–H and O–H groups in total. The van der Waals surface area contributed by atoms with Gasteiger partial charge >= 0.3 is 11.9 Å². The average Bonchev–Trinajstić information content (AvgIpc) is 3.38. The quantitative estimate of drug-likeness (QED) is 0.212. The number of rotatable bonds is 8. The molecule has 0 amide bonds. The Morgan fingerprint density at radius 2 is 1.75 bits per heavy atom. The maximum atomic E-state index is 14.3. The highest BCUT2D eigenvalue weighted by atomic mass is 79.9. The molecule has 3 heterocycles. The third-order valence-corrected chi connectivity index (χ3v) is 12.0. The number of hydrogen-bond donors (Lipinski definition) is 0. The van der Waals surface area contributed by atoms with Crippen LogP contribution in [-0.2, 0) is 17.5 Å². The summed E-state index contributed by atoms with van der Waals surface area (Å²) in [6.45, 7) is 8.07. The molecule has 9 nitrogen and oxygen atoms in total. The Morgan fingerprint density at radius 1 is 1.07 bits per heavy atom. The maximum Gasteiger partial charge on any atom is 0.415 e. The fourth-order valence-electron chi connectivity index (χ4n) is 3.59. The summed E-state index contributed by atoms with van der Waals surface area (Å²) in [5.74, 6) is 0.735. The van der Waals surface area contributed by atoms with Crippen LogP contribution in [0, 0.1) is 0 Å². The van der Waals surface area contributed by atoms with E-state index in [-0.39, 0.29) is 18.2 Å². The van der Waals surface area contributed by atoms with Crippen molar-refractivity contribution in [2.24, 2.45) is 0 Å². The SMILES string of the molecule is CC(C)(C)[Si](C)(C)OC(Cn1c(-c2ccc(Cl)cc2)nn(Cc2nc(Br)n(-c3ccccn3)n2)c1=O)C(F)(F)F. The molecule has 0 aliphatic rings. The van der Waals surface area contributed by atoms with Crippen molar-refractivity contribution in [1.82, 2.24) is 34.1 Å². The number of aromatic nitrogens is 7. The molecule has 0 aliphatic heterocycles. The fraction of sp³-hybridized carbons (Fsp3) is 0.400. The van der Waals surface area contributed by atoms with Gasteiger partial charge in [0.25, 0.3) is 0 Å². The second kappa shape index (κ2) is 11.2. The Kier molecular flexibility index (Phi) is 8.46. The van der Waals surface area contributed by atoms with Crippen molar-refractivity contribution in [3.8, 4) is 17.2 Å². The smallest absolute Gasteiger partial charge is 0.404 e. The van der Waals surface area contributed by atoms with Crippen LogP contribution < -0.4 is 5.69 Å². The van der Waals surface area contributed by atoms with E-state index in [1.54, 1.807) is 61.8 Å². The summed E-state index contributed by atoms with van der Waals surface area (Å²) in [5.41, 5.74) is -0.343. The highest BCUT2D eigenvalue weighted by molar-refractivity contribution is 9.10. The molecule has 3 aromatic heterocycles. The lowest BCUT2D eigenvalue weighted by Crippen LogP contribution is -2.50. The largest absolute Gasteiger partial charge is 0.415 e. The third kappa shape index (κ3) is 6.56. The molecule has 1 aromatic carbocycles. The van der Waals surface area contributed by atoms with Gasteiger partial charge in [0, 0.05) is 16.8 Å². The van der Waals surface area contributed by atoms with Crippen LogP contribution in [0.1, 0.15) is 26.6 Å². The Bertz CT molecular complexity index is 1530. The van der Waals surface area contributed by atoms with E-state index in [0.29, 0.717) is 21.1 Å². The summed E-state index contributed by atoms with van der Waals surface area (Å²) in [6, 6.07) is 11.6. The van der Waals surface area contributed by atoms with Crippen LogP contribution in [0.5, 0.6) is 0 Å². The monoisotopic (exact) mass is 657 g/mol. The van der Waals surface area contributed by atoms with Crippen LogP contribution in [-0.4, -0.2) is 54.7 Å². The van der Waals surface area contributed by atoms with Crippen LogP contribution >= 0.6 is 27.5 Å². The van der Waals surface area contributed by atoms with Gasteiger partial charge in [-0.05, 0) is 70.5 Å². The number of alkyl halides is 3. The zero-order valence-corrected chi connectivity index (χ0v) is 25.8. The molecule has 0 saturated carbocycles. The van der Waals surface area contributed by atoms with Gasteiger partial charge in [-0.3, -0.25) is 4.57 Å². The first kappa shape index (κ1) is 30.2. The molecule has 4 rings (SSSR count). The first-order chi connectivity index (χ1) is 18.6. The molecule has 1 atom stereocenters. The summed E-state index contributed by atoms with van der Waals surface area (Å²) in [6.07, 6.45) is -5.34. The van der Waals surface area contributed by atoms with E-state index in [1.807, 2.05) is 20.8 Å². The molecule has 0 radical (unpaired) electrons. The van der Waals surface area contributed by atoms with Gasteiger partial charge in [0.2, 0.25) is 4.73 Å². The van der Waals surface area contributed by atoms with Gasteiger partial charge in [0.15, 0.2) is 31.9 Å². The van der Waals surface area contributed by atoms with Crippen molar-refractivity contribution >= 4 is 35.8 Å². The number of nitrogens with zero attached hydrogens (tertiary/aromatic N) is 7. The normalized spacial score (nSPS) is 13.6. The standard InChI is InChI=1S/C25H28BrClF3N7O2Si/c1-24(2,3)40(4,5)39-18(25(28,29)30)14-35-21(16-9-11-17(27)12-10-16)34-36(23(35)38)15-19-32-22(26)37(33-19)20-8-6-7-13-31-20/h6-13,18H,14-15H2,1-5H3. The second-order valence-electron chi connectivity index (χ2n) is 10.7. The van der Waals surface area contributed by atoms with Crippen molar-refractivity contribution in [2.75, 3.05) is 0 Å². The van der Waals surface area contributed by atoms with Crippen molar-refractivity contribution in [3.05, 3.63) is 74.7 Å². The van der Waals surface area contributed by atoms with E-state index in [2.05, 4.69) is 36.1 Å². The van der Waals surface area contributed by atoms with Crippen molar-refractivity contribution in [1.29, 1.82) is 0 Å². The lowest BCUT2D eigenvalue weighted by Gasteiger charge is -2.39. The predicted octanol–water partition coefficient (Wildman–Crippen LogP) is 6.10. The molecule has 214 valence electrons. The Hall–Kier alpha value is -2.81. The summed E-state index contributed by atoms with van der Waals surface area (Å²) in [4.78, 5) is 22.1. The van der Waals surface area contributed by atoms with Gasteiger partial charge in [0.1, 0.15) is 6.54 Å². The van der Waals surface area contributed by atoms with Crippen LogP contribution in [0.4, 0.5) is 13.2 Å². The van der Waals surface area contributed by atoms with E-state index in [1.165, 1.54) is 4.68 Å². The number of pyridine rings is 1. The van der Waals surface area contributed by atoms with Crippen LogP contribution in [0.15, 0.2) is 58.2 Å². The van der Waals surface area contributed by atoms with Crippen LogP contribution in [0.2, 0.25) is 23.2 Å². The number of hydrogen-bond acceptors (Lipinski definition) is 6. The molecule has 0 saturated heterocycles. The van der Waals surface area contributed by atoms with Gasteiger partial charge in [-0.15, -0.1) is 10.2 Å². The second-order valence-corrected chi connectivity index (χ2v) is 16.6. The van der Waals surface area contributed by atoms with Crippen LogP contribution in [0.3, 0.4) is 0 Å². The van der Waals surface area contributed by atoms with Crippen molar-refractivity contribution < 1.29 is 17.6 Å².